The van der Waals surface area contributed by atoms with Gasteiger partial charge in [-0.1, -0.05) is 19.9 Å². The number of carboxylic acids is 1. The van der Waals surface area contributed by atoms with E-state index in [2.05, 4.69) is 23.9 Å². The van der Waals surface area contributed by atoms with Crippen LogP contribution in [0, 0.1) is 22.7 Å². The van der Waals surface area contributed by atoms with Gasteiger partial charge < -0.3 is 15.1 Å². The molecule has 3 atom stereocenters. The molecule has 3 unspecified atom stereocenters. The van der Waals surface area contributed by atoms with Crippen LogP contribution in [0.3, 0.4) is 0 Å². The standard InChI is InChI=1S/C28H35F3N4O4/c1-26(2)19-12-17(13-20(19)26)34(15-22(36)21-6-4-5-11-32-21)24(37)18-14-33-35(23(18)28(29,30)31)16-7-9-27(3,10-8-16)25(38)39/h4-6,11,14,16-17,19-20,22,36H,7-10,12-13,15H2,1-3H3,(H,38,39). The van der Waals surface area contributed by atoms with Crippen LogP contribution in [0.15, 0.2) is 30.6 Å². The molecule has 0 radical (unpaired) electrons. The number of aliphatic hydroxyl groups excluding tert-OH is 1. The smallest absolute Gasteiger partial charge is 0.433 e. The summed E-state index contributed by atoms with van der Waals surface area (Å²) in [7, 11) is 0. The first-order valence-corrected chi connectivity index (χ1v) is 13.5. The Morgan fingerprint density at radius 2 is 1.79 bits per heavy atom. The molecule has 2 N–H and O–H groups in total. The molecule has 2 heterocycles. The fourth-order valence-electron chi connectivity index (χ4n) is 6.91. The number of carbonyl (C=O) groups excluding carboxylic acids is 1. The molecule has 8 nitrogen and oxygen atoms in total. The number of alkyl halides is 3. The minimum atomic E-state index is -4.85. The summed E-state index contributed by atoms with van der Waals surface area (Å²) in [5.41, 5.74) is -2.15. The summed E-state index contributed by atoms with van der Waals surface area (Å²) < 4.78 is 44.3. The Balaban J connectivity index is 1.45. The monoisotopic (exact) mass is 548 g/mol. The lowest BCUT2D eigenvalue weighted by molar-refractivity contribution is -0.152. The van der Waals surface area contributed by atoms with E-state index in [9.17, 15) is 33.0 Å². The minimum Gasteiger partial charge on any atom is -0.481 e. The molecule has 1 amide bonds. The van der Waals surface area contributed by atoms with Gasteiger partial charge in [-0.2, -0.15) is 18.3 Å². The predicted octanol–water partition coefficient (Wildman–Crippen LogP) is 5.11. The average molecular weight is 549 g/mol. The highest BCUT2D eigenvalue weighted by Crippen LogP contribution is 2.67. The average Bonchev–Trinajstić information content (AvgIpc) is 3.32. The Morgan fingerprint density at radius 1 is 1.15 bits per heavy atom. The van der Waals surface area contributed by atoms with Crippen LogP contribution in [0.5, 0.6) is 0 Å². The van der Waals surface area contributed by atoms with E-state index in [4.69, 9.17) is 0 Å². The molecule has 0 spiro atoms. The zero-order chi connectivity index (χ0) is 28.3. The summed E-state index contributed by atoms with van der Waals surface area (Å²) in [4.78, 5) is 31.1. The molecule has 0 saturated heterocycles. The van der Waals surface area contributed by atoms with E-state index in [1.807, 2.05) is 0 Å². The number of halogens is 3. The zero-order valence-electron chi connectivity index (χ0n) is 22.4. The summed E-state index contributed by atoms with van der Waals surface area (Å²) >= 11 is 0. The van der Waals surface area contributed by atoms with Crippen LogP contribution in [0.1, 0.15) is 93.2 Å². The van der Waals surface area contributed by atoms with Gasteiger partial charge in [-0.25, -0.2) is 0 Å². The van der Waals surface area contributed by atoms with E-state index < -0.39 is 46.9 Å². The molecule has 11 heteroatoms. The van der Waals surface area contributed by atoms with Crippen molar-refractivity contribution in [2.24, 2.45) is 22.7 Å². The van der Waals surface area contributed by atoms with Crippen molar-refractivity contribution in [2.75, 3.05) is 6.54 Å². The van der Waals surface area contributed by atoms with Gasteiger partial charge in [0.25, 0.3) is 5.91 Å². The Bertz CT molecular complexity index is 1220. The quantitative estimate of drug-likeness (QED) is 0.498. The molecule has 212 valence electrons. The molecular weight excluding hydrogens is 513 g/mol. The van der Waals surface area contributed by atoms with Gasteiger partial charge >= 0.3 is 12.1 Å². The predicted molar refractivity (Wildman–Crippen MR) is 134 cm³/mol. The summed E-state index contributed by atoms with van der Waals surface area (Å²) in [5, 5.41) is 24.5. The first-order valence-electron chi connectivity index (χ1n) is 13.5. The van der Waals surface area contributed by atoms with Crippen LogP contribution in [0.25, 0.3) is 0 Å². The van der Waals surface area contributed by atoms with E-state index in [0.29, 0.717) is 30.4 Å². The molecule has 3 aliphatic carbocycles. The van der Waals surface area contributed by atoms with Crippen molar-refractivity contribution in [3.05, 3.63) is 47.5 Å². The largest absolute Gasteiger partial charge is 0.481 e. The molecule has 0 aromatic carbocycles. The zero-order valence-corrected chi connectivity index (χ0v) is 22.4. The Hall–Kier alpha value is -2.95. The lowest BCUT2D eigenvalue weighted by Gasteiger charge is -2.35. The van der Waals surface area contributed by atoms with Gasteiger partial charge in [0, 0.05) is 12.2 Å². The van der Waals surface area contributed by atoms with Crippen LogP contribution in [-0.4, -0.2) is 54.3 Å². The van der Waals surface area contributed by atoms with Crippen LogP contribution < -0.4 is 0 Å². The fraction of sp³-hybridized carbons (Fsp3) is 0.643. The maximum Gasteiger partial charge on any atom is 0.433 e. The van der Waals surface area contributed by atoms with Crippen molar-refractivity contribution in [3.63, 3.8) is 0 Å². The number of rotatable bonds is 7. The van der Waals surface area contributed by atoms with Gasteiger partial charge in [-0.15, -0.1) is 0 Å². The summed E-state index contributed by atoms with van der Waals surface area (Å²) in [5.74, 6) is -0.993. The minimum absolute atomic E-state index is 0.151. The van der Waals surface area contributed by atoms with E-state index >= 15 is 0 Å². The topological polar surface area (TPSA) is 109 Å². The second kappa shape index (κ2) is 9.60. The molecule has 3 aliphatic rings. The van der Waals surface area contributed by atoms with Crippen LogP contribution >= 0.6 is 0 Å². The van der Waals surface area contributed by atoms with Crippen molar-refractivity contribution < 1.29 is 33.0 Å². The summed E-state index contributed by atoms with van der Waals surface area (Å²) in [6, 6.07) is 4.06. The summed E-state index contributed by atoms with van der Waals surface area (Å²) in [6.07, 6.45) is -1.30. The molecule has 2 aromatic rings. The normalized spacial score (nSPS) is 30.4. The number of hydrogen-bond donors (Lipinski definition) is 2. The third-order valence-corrected chi connectivity index (χ3v) is 9.66. The van der Waals surface area contributed by atoms with Crippen molar-refractivity contribution in [2.45, 2.75) is 83.7 Å². The van der Waals surface area contributed by atoms with Gasteiger partial charge in [0.2, 0.25) is 0 Å². The maximum absolute atomic E-state index is 14.5. The number of fused-ring (bicyclic) bond motifs is 1. The van der Waals surface area contributed by atoms with E-state index in [-0.39, 0.29) is 43.7 Å². The molecular formula is C28H35F3N4O4. The Kier molecular flexibility index (Phi) is 6.80. The number of aliphatic hydroxyl groups is 1. The molecule has 0 aliphatic heterocycles. The van der Waals surface area contributed by atoms with E-state index in [0.717, 1.165) is 10.9 Å². The number of aliphatic carboxylic acids is 1. The van der Waals surface area contributed by atoms with Crippen LogP contribution in [-0.2, 0) is 11.0 Å². The van der Waals surface area contributed by atoms with Crippen molar-refractivity contribution in [3.8, 4) is 0 Å². The van der Waals surface area contributed by atoms with Gasteiger partial charge in [-0.3, -0.25) is 19.3 Å². The van der Waals surface area contributed by atoms with Crippen LogP contribution in [0.2, 0.25) is 0 Å². The van der Waals surface area contributed by atoms with Crippen molar-refractivity contribution >= 4 is 11.9 Å². The number of aromatic nitrogens is 3. The number of carbonyl (C=O) groups is 2. The number of carboxylic acid groups (broad SMARTS) is 1. The van der Waals surface area contributed by atoms with Crippen molar-refractivity contribution in [1.29, 1.82) is 0 Å². The number of nitrogens with zero attached hydrogens (tertiary/aromatic N) is 4. The number of amides is 1. The lowest BCUT2D eigenvalue weighted by Crippen LogP contribution is -2.43. The number of pyridine rings is 1. The highest BCUT2D eigenvalue weighted by atomic mass is 19.4. The second-order valence-electron chi connectivity index (χ2n) is 12.3. The van der Waals surface area contributed by atoms with E-state index in [1.54, 1.807) is 25.1 Å². The van der Waals surface area contributed by atoms with Crippen molar-refractivity contribution in [1.82, 2.24) is 19.7 Å². The van der Waals surface area contributed by atoms with Gasteiger partial charge in [-0.05, 0) is 74.8 Å². The third kappa shape index (κ3) is 4.94. The summed E-state index contributed by atoms with van der Waals surface area (Å²) in [6.45, 7) is 5.76. The highest BCUT2D eigenvalue weighted by Gasteiger charge is 2.63. The first kappa shape index (κ1) is 27.6. The lowest BCUT2D eigenvalue weighted by atomic mass is 9.74. The van der Waals surface area contributed by atoms with Gasteiger partial charge in [0.05, 0.1) is 35.5 Å². The number of hydrogen-bond acceptors (Lipinski definition) is 5. The maximum atomic E-state index is 14.5. The Labute approximate surface area is 225 Å². The van der Waals surface area contributed by atoms with Gasteiger partial charge in [0.1, 0.15) is 6.10 Å². The molecule has 5 rings (SSSR count). The molecule has 39 heavy (non-hydrogen) atoms. The molecule has 3 saturated carbocycles. The molecule has 2 aromatic heterocycles. The third-order valence-electron chi connectivity index (χ3n) is 9.66. The molecule has 3 fully saturated rings. The second-order valence-corrected chi connectivity index (χ2v) is 12.3. The fourth-order valence-corrected chi connectivity index (χ4v) is 6.91. The van der Waals surface area contributed by atoms with Gasteiger partial charge in [0.15, 0.2) is 5.69 Å². The first-order chi connectivity index (χ1) is 18.2. The Morgan fingerprint density at radius 3 is 2.33 bits per heavy atom. The SMILES string of the molecule is CC1(C(=O)O)CCC(n2ncc(C(=O)N(CC(O)c3ccccn3)C3CC4C(C3)C4(C)C)c2C(F)(F)F)CC1. The highest BCUT2D eigenvalue weighted by molar-refractivity contribution is 5.95. The molecule has 0 bridgehead atoms. The van der Waals surface area contributed by atoms with Crippen LogP contribution in [0.4, 0.5) is 13.2 Å². The van der Waals surface area contributed by atoms with E-state index in [1.165, 1.54) is 11.1 Å².